The van der Waals surface area contributed by atoms with Gasteiger partial charge in [0, 0.05) is 17.8 Å². The molecule has 1 atom stereocenters. The minimum Gasteiger partial charge on any atom is -0.399 e. The van der Waals surface area contributed by atoms with Gasteiger partial charge >= 0.3 is 0 Å². The molecule has 1 heterocycles. The molecular formula is C13H14N4O2. The first-order chi connectivity index (χ1) is 9.06. The molecule has 0 aliphatic rings. The first kappa shape index (κ1) is 12.8. The average Bonchev–Trinajstić information content (AvgIpc) is 2.40. The Morgan fingerprint density at radius 2 is 1.95 bits per heavy atom. The molecule has 0 saturated carbocycles. The Labute approximate surface area is 110 Å². The summed E-state index contributed by atoms with van der Waals surface area (Å²) in [5.74, 6) is 0.593. The summed E-state index contributed by atoms with van der Waals surface area (Å²) in [6.45, 7) is 1.98. The van der Waals surface area contributed by atoms with Crippen LogP contribution in [0.5, 0.6) is 0 Å². The van der Waals surface area contributed by atoms with Crippen molar-refractivity contribution >= 4 is 17.2 Å². The van der Waals surface area contributed by atoms with E-state index in [0.29, 0.717) is 11.5 Å². The molecule has 0 aliphatic heterocycles. The van der Waals surface area contributed by atoms with Gasteiger partial charge in [-0.2, -0.15) is 0 Å². The van der Waals surface area contributed by atoms with E-state index in [1.165, 1.54) is 12.3 Å². The summed E-state index contributed by atoms with van der Waals surface area (Å²) in [6, 6.07) is 10.6. The molecule has 3 N–H and O–H groups in total. The Kier molecular flexibility index (Phi) is 3.61. The van der Waals surface area contributed by atoms with Gasteiger partial charge in [-0.1, -0.05) is 12.1 Å². The second-order valence-electron chi connectivity index (χ2n) is 4.19. The third-order valence-corrected chi connectivity index (χ3v) is 2.76. The number of hydrogen-bond donors (Lipinski definition) is 2. The second kappa shape index (κ2) is 5.34. The molecule has 98 valence electrons. The van der Waals surface area contributed by atoms with Crippen LogP contribution in [-0.4, -0.2) is 9.91 Å². The predicted octanol–water partition coefficient (Wildman–Crippen LogP) is 2.75. The lowest BCUT2D eigenvalue weighted by atomic mass is 10.1. The zero-order chi connectivity index (χ0) is 13.8. The molecule has 0 bridgehead atoms. The Morgan fingerprint density at radius 1 is 1.26 bits per heavy atom. The van der Waals surface area contributed by atoms with Crippen LogP contribution in [0.25, 0.3) is 0 Å². The van der Waals surface area contributed by atoms with E-state index in [1.54, 1.807) is 6.07 Å². The third kappa shape index (κ3) is 3.19. The number of rotatable bonds is 4. The maximum absolute atomic E-state index is 10.5. The van der Waals surface area contributed by atoms with Crippen LogP contribution < -0.4 is 11.1 Å². The fourth-order valence-electron chi connectivity index (χ4n) is 1.67. The summed E-state index contributed by atoms with van der Waals surface area (Å²) in [4.78, 5) is 14.1. The third-order valence-electron chi connectivity index (χ3n) is 2.76. The molecule has 19 heavy (non-hydrogen) atoms. The number of anilines is 2. The Morgan fingerprint density at radius 3 is 2.47 bits per heavy atom. The van der Waals surface area contributed by atoms with Gasteiger partial charge in [0.1, 0.15) is 12.0 Å². The summed E-state index contributed by atoms with van der Waals surface area (Å²) in [7, 11) is 0. The largest absolute Gasteiger partial charge is 0.399 e. The SMILES string of the molecule is CC(Nc1ccc([N+](=O)[O-])cn1)c1ccc(N)cc1. The lowest BCUT2D eigenvalue weighted by molar-refractivity contribution is -0.385. The Balaban J connectivity index is 2.08. The van der Waals surface area contributed by atoms with E-state index in [0.717, 1.165) is 5.56 Å². The highest BCUT2D eigenvalue weighted by Crippen LogP contribution is 2.20. The molecule has 2 rings (SSSR count). The molecule has 0 aliphatic carbocycles. The molecule has 2 aromatic rings. The highest BCUT2D eigenvalue weighted by Gasteiger charge is 2.08. The molecular weight excluding hydrogens is 244 g/mol. The number of nitrogens with one attached hydrogen (secondary N) is 1. The number of nitrogen functional groups attached to an aromatic ring is 1. The number of nitrogens with zero attached hydrogens (tertiary/aromatic N) is 2. The molecule has 6 nitrogen and oxygen atoms in total. The van der Waals surface area contributed by atoms with E-state index < -0.39 is 4.92 Å². The van der Waals surface area contributed by atoms with E-state index in [9.17, 15) is 10.1 Å². The van der Waals surface area contributed by atoms with Crippen molar-refractivity contribution in [2.75, 3.05) is 11.1 Å². The van der Waals surface area contributed by atoms with Crippen molar-refractivity contribution in [3.8, 4) is 0 Å². The summed E-state index contributed by atoms with van der Waals surface area (Å²) < 4.78 is 0. The molecule has 0 fully saturated rings. The van der Waals surface area contributed by atoms with E-state index in [1.807, 2.05) is 31.2 Å². The second-order valence-corrected chi connectivity index (χ2v) is 4.19. The molecule has 1 aromatic carbocycles. The quantitative estimate of drug-likeness (QED) is 0.499. The zero-order valence-corrected chi connectivity index (χ0v) is 10.4. The summed E-state index contributed by atoms with van der Waals surface area (Å²) in [6.07, 6.45) is 1.23. The lowest BCUT2D eigenvalue weighted by Crippen LogP contribution is -2.08. The average molecular weight is 258 g/mol. The molecule has 1 aromatic heterocycles. The Hall–Kier alpha value is -2.63. The van der Waals surface area contributed by atoms with Crippen molar-refractivity contribution in [3.63, 3.8) is 0 Å². The van der Waals surface area contributed by atoms with Gasteiger partial charge in [-0.05, 0) is 30.7 Å². The molecule has 0 radical (unpaired) electrons. The van der Waals surface area contributed by atoms with Crippen LogP contribution in [0, 0.1) is 10.1 Å². The van der Waals surface area contributed by atoms with Gasteiger partial charge in [-0.3, -0.25) is 10.1 Å². The van der Waals surface area contributed by atoms with Gasteiger partial charge in [0.25, 0.3) is 5.69 Å². The van der Waals surface area contributed by atoms with Crippen LogP contribution in [0.3, 0.4) is 0 Å². The monoisotopic (exact) mass is 258 g/mol. The highest BCUT2D eigenvalue weighted by molar-refractivity contribution is 5.44. The van der Waals surface area contributed by atoms with Crippen molar-refractivity contribution in [2.45, 2.75) is 13.0 Å². The van der Waals surface area contributed by atoms with E-state index in [-0.39, 0.29) is 11.7 Å². The van der Waals surface area contributed by atoms with E-state index >= 15 is 0 Å². The molecule has 6 heteroatoms. The normalized spacial score (nSPS) is 11.8. The molecule has 1 unspecified atom stereocenters. The number of aromatic nitrogens is 1. The van der Waals surface area contributed by atoms with Crippen molar-refractivity contribution in [2.24, 2.45) is 0 Å². The number of nitro groups is 1. The highest BCUT2D eigenvalue weighted by atomic mass is 16.6. The molecule has 0 spiro atoms. The first-order valence-electron chi connectivity index (χ1n) is 5.78. The minimum atomic E-state index is -0.472. The van der Waals surface area contributed by atoms with Gasteiger partial charge in [0.15, 0.2) is 0 Å². The van der Waals surface area contributed by atoms with Gasteiger partial charge < -0.3 is 11.1 Å². The van der Waals surface area contributed by atoms with Crippen LogP contribution in [-0.2, 0) is 0 Å². The first-order valence-corrected chi connectivity index (χ1v) is 5.78. The van der Waals surface area contributed by atoms with Crippen molar-refractivity contribution in [1.29, 1.82) is 0 Å². The number of nitrogens with two attached hydrogens (primary N) is 1. The van der Waals surface area contributed by atoms with Gasteiger partial charge in [-0.15, -0.1) is 0 Å². The fraction of sp³-hybridized carbons (Fsp3) is 0.154. The maximum atomic E-state index is 10.5. The van der Waals surface area contributed by atoms with Crippen molar-refractivity contribution in [3.05, 3.63) is 58.3 Å². The fourth-order valence-corrected chi connectivity index (χ4v) is 1.67. The summed E-state index contributed by atoms with van der Waals surface area (Å²) in [5.41, 5.74) is 7.38. The van der Waals surface area contributed by atoms with Crippen LogP contribution in [0.15, 0.2) is 42.6 Å². The van der Waals surface area contributed by atoms with E-state index in [2.05, 4.69) is 10.3 Å². The predicted molar refractivity (Wildman–Crippen MR) is 73.8 cm³/mol. The van der Waals surface area contributed by atoms with Gasteiger partial charge in [0.05, 0.1) is 4.92 Å². The van der Waals surface area contributed by atoms with Crippen molar-refractivity contribution < 1.29 is 4.92 Å². The Bertz CT molecular complexity index is 566. The summed E-state index contributed by atoms with van der Waals surface area (Å²) >= 11 is 0. The van der Waals surface area contributed by atoms with Crippen LogP contribution in [0.1, 0.15) is 18.5 Å². The lowest BCUT2D eigenvalue weighted by Gasteiger charge is -2.14. The van der Waals surface area contributed by atoms with Gasteiger partial charge in [0.2, 0.25) is 0 Å². The van der Waals surface area contributed by atoms with Crippen molar-refractivity contribution in [1.82, 2.24) is 4.98 Å². The smallest absolute Gasteiger partial charge is 0.287 e. The number of benzene rings is 1. The van der Waals surface area contributed by atoms with E-state index in [4.69, 9.17) is 5.73 Å². The van der Waals surface area contributed by atoms with Crippen LogP contribution >= 0.6 is 0 Å². The standard InChI is InChI=1S/C13H14N4O2/c1-9(10-2-4-11(14)5-3-10)16-13-7-6-12(8-15-13)17(18)19/h2-9H,14H2,1H3,(H,15,16). The van der Waals surface area contributed by atoms with Crippen LogP contribution in [0.4, 0.5) is 17.2 Å². The topological polar surface area (TPSA) is 94.1 Å². The maximum Gasteiger partial charge on any atom is 0.287 e. The summed E-state index contributed by atoms with van der Waals surface area (Å²) in [5, 5.41) is 13.7. The van der Waals surface area contributed by atoms with Crippen LogP contribution in [0.2, 0.25) is 0 Å². The zero-order valence-electron chi connectivity index (χ0n) is 10.4. The minimum absolute atomic E-state index is 0.0225. The molecule has 0 amide bonds. The number of pyridine rings is 1. The molecule has 0 saturated heterocycles. The number of hydrogen-bond acceptors (Lipinski definition) is 5. The van der Waals surface area contributed by atoms with Gasteiger partial charge in [-0.25, -0.2) is 4.98 Å².